The van der Waals surface area contributed by atoms with Gasteiger partial charge in [-0.3, -0.25) is 4.79 Å². The number of rotatable bonds is 2. The van der Waals surface area contributed by atoms with Crippen molar-refractivity contribution in [3.8, 4) is 0 Å². The van der Waals surface area contributed by atoms with Crippen molar-refractivity contribution >= 4 is 17.4 Å². The molecule has 2 aromatic heterocycles. The minimum absolute atomic E-state index is 0.0970. The maximum atomic E-state index is 13.7. The SMILES string of the molecule is CC1CC2(CCN1c1ccnc3ccnn13)O[C@@H]1CC[C@@H](c3ccccc3)N1C2=O. The van der Waals surface area contributed by atoms with Crippen LogP contribution in [0.15, 0.2) is 54.9 Å². The topological polar surface area (TPSA) is 63.0 Å². The number of benzene rings is 1. The van der Waals surface area contributed by atoms with Gasteiger partial charge in [0.2, 0.25) is 0 Å². The van der Waals surface area contributed by atoms with E-state index < -0.39 is 5.60 Å². The van der Waals surface area contributed by atoms with E-state index in [1.54, 1.807) is 6.20 Å². The molecule has 0 N–H and O–H groups in total. The third kappa shape index (κ3) is 2.51. The lowest BCUT2D eigenvalue weighted by molar-refractivity contribution is -0.141. The van der Waals surface area contributed by atoms with Crippen LogP contribution in [0.5, 0.6) is 0 Å². The molecule has 0 saturated carbocycles. The first-order valence-corrected chi connectivity index (χ1v) is 10.8. The zero-order chi connectivity index (χ0) is 20.3. The summed E-state index contributed by atoms with van der Waals surface area (Å²) in [5.74, 6) is 1.18. The van der Waals surface area contributed by atoms with Gasteiger partial charge in [-0.15, -0.1) is 0 Å². The molecule has 1 amide bonds. The highest BCUT2D eigenvalue weighted by Crippen LogP contribution is 2.48. The van der Waals surface area contributed by atoms with Crippen molar-refractivity contribution < 1.29 is 9.53 Å². The van der Waals surface area contributed by atoms with Gasteiger partial charge in [-0.25, -0.2) is 4.98 Å². The highest BCUT2D eigenvalue weighted by molar-refractivity contribution is 5.88. The normalized spacial score (nSPS) is 31.1. The molecule has 5 heterocycles. The molecule has 7 heteroatoms. The van der Waals surface area contributed by atoms with Crippen LogP contribution in [0.4, 0.5) is 5.82 Å². The molecule has 6 rings (SSSR count). The molecule has 0 aliphatic carbocycles. The third-order valence-electron chi connectivity index (χ3n) is 6.98. The second kappa shape index (κ2) is 6.54. The van der Waals surface area contributed by atoms with Gasteiger partial charge in [-0.2, -0.15) is 9.61 Å². The monoisotopic (exact) mass is 403 g/mol. The number of aromatic nitrogens is 3. The summed E-state index contributed by atoms with van der Waals surface area (Å²) in [6.45, 7) is 2.92. The van der Waals surface area contributed by atoms with Crippen LogP contribution in [-0.2, 0) is 9.53 Å². The number of piperidine rings is 1. The summed E-state index contributed by atoms with van der Waals surface area (Å²) in [7, 11) is 0. The number of amides is 1. The van der Waals surface area contributed by atoms with Crippen molar-refractivity contribution in [2.45, 2.75) is 56.5 Å². The van der Waals surface area contributed by atoms with Gasteiger partial charge in [0.05, 0.1) is 12.2 Å². The molecule has 3 fully saturated rings. The maximum Gasteiger partial charge on any atom is 0.257 e. The van der Waals surface area contributed by atoms with E-state index >= 15 is 0 Å². The molecule has 4 atom stereocenters. The first-order chi connectivity index (χ1) is 14.7. The smallest absolute Gasteiger partial charge is 0.257 e. The fourth-order valence-corrected chi connectivity index (χ4v) is 5.61. The number of ether oxygens (including phenoxy) is 1. The largest absolute Gasteiger partial charge is 0.353 e. The van der Waals surface area contributed by atoms with Crippen LogP contribution < -0.4 is 4.90 Å². The Morgan fingerprint density at radius 3 is 2.80 bits per heavy atom. The van der Waals surface area contributed by atoms with Crippen LogP contribution in [0, 0.1) is 0 Å². The quantitative estimate of drug-likeness (QED) is 0.658. The molecular formula is C23H25N5O2. The molecular weight excluding hydrogens is 378 g/mol. The number of carbonyl (C=O) groups is 1. The Morgan fingerprint density at radius 1 is 1.10 bits per heavy atom. The third-order valence-corrected chi connectivity index (χ3v) is 6.98. The summed E-state index contributed by atoms with van der Waals surface area (Å²) >= 11 is 0. The molecule has 1 aromatic carbocycles. The lowest BCUT2D eigenvalue weighted by Gasteiger charge is -2.43. The number of hydrogen-bond donors (Lipinski definition) is 0. The van der Waals surface area contributed by atoms with Crippen molar-refractivity contribution in [1.82, 2.24) is 19.5 Å². The van der Waals surface area contributed by atoms with Gasteiger partial charge >= 0.3 is 0 Å². The Hall–Kier alpha value is -2.93. The van der Waals surface area contributed by atoms with Crippen molar-refractivity contribution in [2.75, 3.05) is 11.4 Å². The predicted octanol–water partition coefficient (Wildman–Crippen LogP) is 3.18. The predicted molar refractivity (Wildman–Crippen MR) is 112 cm³/mol. The van der Waals surface area contributed by atoms with Crippen LogP contribution in [0.2, 0.25) is 0 Å². The number of carbonyl (C=O) groups excluding carboxylic acids is 1. The van der Waals surface area contributed by atoms with Crippen LogP contribution in [0.1, 0.15) is 44.2 Å². The minimum atomic E-state index is -0.704. The van der Waals surface area contributed by atoms with Crippen LogP contribution in [0.3, 0.4) is 0 Å². The van der Waals surface area contributed by atoms with E-state index in [2.05, 4.69) is 34.0 Å². The highest BCUT2D eigenvalue weighted by atomic mass is 16.6. The van der Waals surface area contributed by atoms with Crippen LogP contribution in [-0.4, -0.2) is 49.8 Å². The van der Waals surface area contributed by atoms with E-state index in [0.29, 0.717) is 12.8 Å². The standard InChI is InChI=1S/C23H25N5O2/c1-16-15-23(11-14-26(16)20-10-12-24-19-9-13-25-28(19)20)22(29)27-18(7-8-21(27)30-23)17-5-3-2-4-6-17/h2-6,9-10,12-13,16,18,21H,7-8,11,14-15H2,1H3/t16?,18-,21+,23?/m0/s1. The van der Waals surface area contributed by atoms with E-state index in [0.717, 1.165) is 30.9 Å². The first-order valence-electron chi connectivity index (χ1n) is 10.8. The first kappa shape index (κ1) is 17.9. The summed E-state index contributed by atoms with van der Waals surface area (Å²) in [5, 5.41) is 4.43. The summed E-state index contributed by atoms with van der Waals surface area (Å²) < 4.78 is 8.39. The number of nitrogens with zero attached hydrogens (tertiary/aromatic N) is 5. The number of fused-ring (bicyclic) bond motifs is 2. The van der Waals surface area contributed by atoms with Gasteiger partial charge in [0, 0.05) is 37.7 Å². The Kier molecular flexibility index (Phi) is 3.90. The Morgan fingerprint density at radius 2 is 1.97 bits per heavy atom. The van der Waals surface area contributed by atoms with Crippen molar-refractivity contribution in [3.63, 3.8) is 0 Å². The highest BCUT2D eigenvalue weighted by Gasteiger charge is 2.59. The van der Waals surface area contributed by atoms with E-state index in [1.807, 2.05) is 45.9 Å². The Labute approximate surface area is 175 Å². The lowest BCUT2D eigenvalue weighted by atomic mass is 9.85. The molecule has 0 radical (unpaired) electrons. The molecule has 3 aliphatic rings. The molecule has 7 nitrogen and oxygen atoms in total. The van der Waals surface area contributed by atoms with Gasteiger partial charge in [0.1, 0.15) is 12.0 Å². The van der Waals surface area contributed by atoms with Gasteiger partial charge in [0.15, 0.2) is 11.2 Å². The summed E-state index contributed by atoms with van der Waals surface area (Å²) in [5.41, 5.74) is 1.33. The molecule has 0 bridgehead atoms. The summed E-state index contributed by atoms with van der Waals surface area (Å²) in [6.07, 6.45) is 6.74. The molecule has 3 aliphatic heterocycles. The van der Waals surface area contributed by atoms with E-state index in [-0.39, 0.29) is 24.2 Å². The van der Waals surface area contributed by atoms with Crippen molar-refractivity contribution in [3.05, 3.63) is 60.4 Å². The van der Waals surface area contributed by atoms with E-state index in [1.165, 1.54) is 5.56 Å². The fourth-order valence-electron chi connectivity index (χ4n) is 5.61. The van der Waals surface area contributed by atoms with Gasteiger partial charge in [-0.1, -0.05) is 30.3 Å². The average Bonchev–Trinajstić information content (AvgIpc) is 3.46. The fraction of sp³-hybridized carbons (Fsp3) is 0.435. The van der Waals surface area contributed by atoms with Crippen molar-refractivity contribution in [2.24, 2.45) is 0 Å². The van der Waals surface area contributed by atoms with E-state index in [9.17, 15) is 4.79 Å². The molecule has 30 heavy (non-hydrogen) atoms. The number of anilines is 1. The van der Waals surface area contributed by atoms with Gasteiger partial charge < -0.3 is 14.5 Å². The zero-order valence-corrected chi connectivity index (χ0v) is 17.0. The molecule has 2 unspecified atom stereocenters. The average molecular weight is 403 g/mol. The number of hydrogen-bond acceptors (Lipinski definition) is 5. The Balaban J connectivity index is 1.27. The van der Waals surface area contributed by atoms with E-state index in [4.69, 9.17) is 4.74 Å². The van der Waals surface area contributed by atoms with Crippen LogP contribution in [0.25, 0.3) is 5.65 Å². The molecule has 3 saturated heterocycles. The second-order valence-corrected chi connectivity index (χ2v) is 8.68. The summed E-state index contributed by atoms with van der Waals surface area (Å²) in [6, 6.07) is 14.5. The zero-order valence-electron chi connectivity index (χ0n) is 17.0. The van der Waals surface area contributed by atoms with Gasteiger partial charge in [-0.05, 0) is 31.4 Å². The van der Waals surface area contributed by atoms with Crippen molar-refractivity contribution in [1.29, 1.82) is 0 Å². The minimum Gasteiger partial charge on any atom is -0.353 e. The summed E-state index contributed by atoms with van der Waals surface area (Å²) in [4.78, 5) is 22.4. The molecule has 1 spiro atoms. The van der Waals surface area contributed by atoms with Crippen LogP contribution >= 0.6 is 0 Å². The lowest BCUT2D eigenvalue weighted by Crippen LogP contribution is -2.54. The van der Waals surface area contributed by atoms with Gasteiger partial charge in [0.25, 0.3) is 5.91 Å². The second-order valence-electron chi connectivity index (χ2n) is 8.68. The molecule has 3 aromatic rings. The maximum absolute atomic E-state index is 13.7. The Bertz CT molecular complexity index is 1100. The molecule has 154 valence electrons.